The second-order valence-corrected chi connectivity index (χ2v) is 8.41. The third-order valence-electron chi connectivity index (χ3n) is 5.92. The van der Waals surface area contributed by atoms with Crippen LogP contribution < -0.4 is 0 Å². The first-order chi connectivity index (χ1) is 15.9. The molecule has 3 aromatic rings. The number of rotatable bonds is 6. The van der Waals surface area contributed by atoms with Crippen molar-refractivity contribution in [2.45, 2.75) is 25.8 Å². The summed E-state index contributed by atoms with van der Waals surface area (Å²) in [5, 5.41) is 11.6. The number of aryl methyl sites for hydroxylation is 1. The standard InChI is InChI=1S/C27H23ClFNO3/c1-2-17-3-7-20(8-4-17)25(31)23-24(19-9-11-21(28)12-10-19)30(27(33)26(23)32)16-15-18-5-13-22(29)14-6-18/h3-14,24,31H,2,15-16H2,1H3/b25-23-. The Morgan fingerprint density at radius 2 is 1.55 bits per heavy atom. The highest BCUT2D eigenvalue weighted by Gasteiger charge is 2.45. The van der Waals surface area contributed by atoms with Gasteiger partial charge in [-0.3, -0.25) is 9.59 Å². The fraction of sp³-hybridized carbons (Fsp3) is 0.185. The van der Waals surface area contributed by atoms with Gasteiger partial charge in [-0.25, -0.2) is 4.39 Å². The van der Waals surface area contributed by atoms with Crippen LogP contribution in [0, 0.1) is 5.82 Å². The van der Waals surface area contributed by atoms with E-state index in [1.807, 2.05) is 19.1 Å². The van der Waals surface area contributed by atoms with E-state index in [4.69, 9.17) is 11.6 Å². The zero-order chi connectivity index (χ0) is 23.5. The third-order valence-corrected chi connectivity index (χ3v) is 6.17. The monoisotopic (exact) mass is 463 g/mol. The molecule has 33 heavy (non-hydrogen) atoms. The number of ketones is 1. The zero-order valence-electron chi connectivity index (χ0n) is 18.1. The number of likely N-dealkylation sites (tertiary alicyclic amines) is 1. The van der Waals surface area contributed by atoms with E-state index in [0.717, 1.165) is 17.5 Å². The van der Waals surface area contributed by atoms with Crippen molar-refractivity contribution < 1.29 is 19.1 Å². The molecule has 3 aromatic carbocycles. The number of aliphatic hydroxyl groups is 1. The Hall–Kier alpha value is -3.44. The smallest absolute Gasteiger partial charge is 0.295 e. The summed E-state index contributed by atoms with van der Waals surface area (Å²) in [6.45, 7) is 2.26. The molecule has 1 heterocycles. The molecule has 1 unspecified atom stereocenters. The van der Waals surface area contributed by atoms with Gasteiger partial charge in [-0.2, -0.15) is 0 Å². The number of aliphatic hydroxyl groups excluding tert-OH is 1. The number of nitrogens with zero attached hydrogens (tertiary/aromatic N) is 1. The molecule has 4 nitrogen and oxygen atoms in total. The molecule has 0 radical (unpaired) electrons. The largest absolute Gasteiger partial charge is 0.507 e. The van der Waals surface area contributed by atoms with E-state index in [0.29, 0.717) is 22.6 Å². The van der Waals surface area contributed by atoms with Crippen LogP contribution in [-0.4, -0.2) is 28.2 Å². The van der Waals surface area contributed by atoms with Gasteiger partial charge in [0.15, 0.2) is 0 Å². The lowest BCUT2D eigenvalue weighted by Gasteiger charge is -2.25. The number of carbonyl (C=O) groups excluding carboxylic acids is 2. The molecule has 1 aliphatic rings. The maximum Gasteiger partial charge on any atom is 0.295 e. The number of hydrogen-bond acceptors (Lipinski definition) is 3. The lowest BCUT2D eigenvalue weighted by atomic mass is 9.95. The fourth-order valence-corrected chi connectivity index (χ4v) is 4.18. The quantitative estimate of drug-likeness (QED) is 0.289. The SMILES string of the molecule is CCc1ccc(/C(O)=C2/C(=O)C(=O)N(CCc3ccc(F)cc3)C2c2ccc(Cl)cc2)cc1. The maximum absolute atomic E-state index is 13.3. The van der Waals surface area contributed by atoms with E-state index < -0.39 is 17.7 Å². The van der Waals surface area contributed by atoms with Gasteiger partial charge >= 0.3 is 0 Å². The van der Waals surface area contributed by atoms with Crippen molar-refractivity contribution in [1.82, 2.24) is 4.90 Å². The minimum atomic E-state index is -0.756. The Balaban J connectivity index is 1.75. The lowest BCUT2D eigenvalue weighted by molar-refractivity contribution is -0.139. The van der Waals surface area contributed by atoms with E-state index in [1.54, 1.807) is 48.5 Å². The topological polar surface area (TPSA) is 57.6 Å². The van der Waals surface area contributed by atoms with Gasteiger partial charge < -0.3 is 10.0 Å². The number of carbonyl (C=O) groups is 2. The van der Waals surface area contributed by atoms with Crippen LogP contribution in [0.3, 0.4) is 0 Å². The molecule has 0 bridgehead atoms. The second-order valence-electron chi connectivity index (χ2n) is 7.97. The van der Waals surface area contributed by atoms with Gasteiger partial charge in [-0.05, 0) is 53.8 Å². The van der Waals surface area contributed by atoms with Crippen molar-refractivity contribution >= 4 is 29.1 Å². The average Bonchev–Trinajstić information content (AvgIpc) is 3.08. The molecule has 4 rings (SSSR count). The first-order valence-electron chi connectivity index (χ1n) is 10.8. The first kappa shape index (κ1) is 22.7. The van der Waals surface area contributed by atoms with E-state index in [9.17, 15) is 19.1 Å². The fourth-order valence-electron chi connectivity index (χ4n) is 4.06. The molecule has 1 saturated heterocycles. The van der Waals surface area contributed by atoms with E-state index >= 15 is 0 Å². The van der Waals surface area contributed by atoms with Crippen LogP contribution in [0.15, 0.2) is 78.4 Å². The summed E-state index contributed by atoms with van der Waals surface area (Å²) in [6, 6.07) is 19.4. The van der Waals surface area contributed by atoms with E-state index in [1.165, 1.54) is 17.0 Å². The van der Waals surface area contributed by atoms with Crippen LogP contribution in [0.1, 0.15) is 35.2 Å². The number of amides is 1. The summed E-state index contributed by atoms with van der Waals surface area (Å²) in [5.74, 6) is -1.95. The lowest BCUT2D eigenvalue weighted by Crippen LogP contribution is -2.31. The Morgan fingerprint density at radius 3 is 2.15 bits per heavy atom. The van der Waals surface area contributed by atoms with Crippen molar-refractivity contribution in [2.24, 2.45) is 0 Å². The van der Waals surface area contributed by atoms with Crippen LogP contribution in [0.4, 0.5) is 4.39 Å². The van der Waals surface area contributed by atoms with Crippen molar-refractivity contribution in [3.05, 3.63) is 111 Å². The number of Topliss-reactive ketones (excluding diaryl/α,β-unsaturated/α-hetero) is 1. The molecule has 0 saturated carbocycles. The molecule has 1 atom stereocenters. The molecule has 0 spiro atoms. The van der Waals surface area contributed by atoms with Gasteiger partial charge in [0.1, 0.15) is 11.6 Å². The predicted molar refractivity (Wildman–Crippen MR) is 126 cm³/mol. The molecule has 1 N–H and O–H groups in total. The summed E-state index contributed by atoms with van der Waals surface area (Å²) in [7, 11) is 0. The van der Waals surface area contributed by atoms with Gasteiger partial charge in [-0.15, -0.1) is 0 Å². The van der Waals surface area contributed by atoms with Gasteiger partial charge in [0.25, 0.3) is 11.7 Å². The molecular formula is C27H23ClFNO3. The molecule has 1 aliphatic heterocycles. The van der Waals surface area contributed by atoms with Crippen molar-refractivity contribution in [2.75, 3.05) is 6.54 Å². The van der Waals surface area contributed by atoms with Crippen LogP contribution in [0.5, 0.6) is 0 Å². The highest BCUT2D eigenvalue weighted by molar-refractivity contribution is 6.46. The Morgan fingerprint density at radius 1 is 0.939 bits per heavy atom. The Labute approximate surface area is 196 Å². The summed E-state index contributed by atoms with van der Waals surface area (Å²) >= 11 is 6.05. The molecular weight excluding hydrogens is 441 g/mol. The van der Waals surface area contributed by atoms with Crippen molar-refractivity contribution in [1.29, 1.82) is 0 Å². The van der Waals surface area contributed by atoms with E-state index in [-0.39, 0.29) is 23.7 Å². The highest BCUT2D eigenvalue weighted by atomic mass is 35.5. The van der Waals surface area contributed by atoms with Crippen LogP contribution in [0.2, 0.25) is 5.02 Å². The zero-order valence-corrected chi connectivity index (χ0v) is 18.8. The van der Waals surface area contributed by atoms with Gasteiger partial charge in [0, 0.05) is 17.1 Å². The molecule has 0 aliphatic carbocycles. The summed E-state index contributed by atoms with van der Waals surface area (Å²) in [6.07, 6.45) is 1.28. The average molecular weight is 464 g/mol. The number of hydrogen-bond donors (Lipinski definition) is 1. The number of halogens is 2. The second kappa shape index (κ2) is 9.59. The maximum atomic E-state index is 13.3. The number of benzene rings is 3. The molecule has 1 fully saturated rings. The highest BCUT2D eigenvalue weighted by Crippen LogP contribution is 2.39. The molecule has 0 aromatic heterocycles. The third kappa shape index (κ3) is 4.69. The Kier molecular flexibility index (Phi) is 6.61. The normalized spacial score (nSPS) is 17.5. The molecule has 6 heteroatoms. The minimum Gasteiger partial charge on any atom is -0.507 e. The molecule has 168 valence electrons. The van der Waals surface area contributed by atoms with E-state index in [2.05, 4.69) is 0 Å². The first-order valence-corrected chi connectivity index (χ1v) is 11.1. The van der Waals surface area contributed by atoms with Crippen LogP contribution in [0.25, 0.3) is 5.76 Å². The Bertz CT molecular complexity index is 1200. The van der Waals surface area contributed by atoms with Crippen molar-refractivity contribution in [3.8, 4) is 0 Å². The molecule has 1 amide bonds. The minimum absolute atomic E-state index is 0.0469. The summed E-state index contributed by atoms with van der Waals surface area (Å²) in [4.78, 5) is 27.6. The van der Waals surface area contributed by atoms with Gasteiger partial charge in [-0.1, -0.05) is 67.1 Å². The summed E-state index contributed by atoms with van der Waals surface area (Å²) < 4.78 is 13.3. The predicted octanol–water partition coefficient (Wildman–Crippen LogP) is 5.71. The summed E-state index contributed by atoms with van der Waals surface area (Å²) in [5.41, 5.74) is 3.13. The van der Waals surface area contributed by atoms with Crippen molar-refractivity contribution in [3.63, 3.8) is 0 Å². The van der Waals surface area contributed by atoms with Crippen LogP contribution in [-0.2, 0) is 22.4 Å². The van der Waals surface area contributed by atoms with Crippen LogP contribution >= 0.6 is 11.6 Å². The van der Waals surface area contributed by atoms with Gasteiger partial charge in [0.05, 0.1) is 11.6 Å². The van der Waals surface area contributed by atoms with Gasteiger partial charge in [0.2, 0.25) is 0 Å².